The molecule has 1 aromatic heterocycles. The average molecular weight is 534 g/mol. The Kier molecular flexibility index (Phi) is 6.82. The van der Waals surface area contributed by atoms with Crippen LogP contribution in [0.4, 0.5) is 18.9 Å². The highest BCUT2D eigenvalue weighted by Gasteiger charge is 2.32. The first-order chi connectivity index (χ1) is 17.6. The van der Waals surface area contributed by atoms with Gasteiger partial charge < -0.3 is 9.80 Å². The van der Waals surface area contributed by atoms with Gasteiger partial charge >= 0.3 is 0 Å². The molecular formula is C25H26F3N5O3S. The van der Waals surface area contributed by atoms with Crippen molar-refractivity contribution in [2.75, 3.05) is 44.7 Å². The van der Waals surface area contributed by atoms with E-state index in [1.807, 2.05) is 7.05 Å². The average Bonchev–Trinajstić information content (AvgIpc) is 3.25. The number of ketones is 1. The summed E-state index contributed by atoms with van der Waals surface area (Å²) in [6.07, 6.45) is 0.0563. The van der Waals surface area contributed by atoms with Crippen molar-refractivity contribution in [2.45, 2.75) is 24.3 Å². The van der Waals surface area contributed by atoms with Crippen molar-refractivity contribution in [3.63, 3.8) is 0 Å². The minimum Gasteiger partial charge on any atom is -0.369 e. The fourth-order valence-corrected chi connectivity index (χ4v) is 6.20. The number of nitrogens with zero attached hydrogens (tertiary/aromatic N) is 4. The lowest BCUT2D eigenvalue weighted by molar-refractivity contribution is 0.0987. The zero-order valence-electron chi connectivity index (χ0n) is 20.2. The molecule has 12 heteroatoms. The molecule has 0 atom stereocenters. The Labute approximate surface area is 212 Å². The number of halogens is 3. The van der Waals surface area contributed by atoms with E-state index in [1.165, 1.54) is 12.1 Å². The third-order valence-corrected chi connectivity index (χ3v) is 8.73. The first-order valence-electron chi connectivity index (χ1n) is 11.9. The van der Waals surface area contributed by atoms with Crippen molar-refractivity contribution in [1.82, 2.24) is 19.4 Å². The van der Waals surface area contributed by atoms with Crippen LogP contribution < -0.4 is 4.90 Å². The van der Waals surface area contributed by atoms with Crippen LogP contribution in [-0.2, 0) is 29.4 Å². The van der Waals surface area contributed by atoms with Gasteiger partial charge in [-0.3, -0.25) is 9.89 Å². The summed E-state index contributed by atoms with van der Waals surface area (Å²) in [6.45, 7) is 3.22. The Hall–Kier alpha value is -3.22. The van der Waals surface area contributed by atoms with Gasteiger partial charge in [0.25, 0.3) is 0 Å². The summed E-state index contributed by atoms with van der Waals surface area (Å²) in [5.41, 5.74) is 2.15. The monoisotopic (exact) mass is 533 g/mol. The van der Waals surface area contributed by atoms with Crippen molar-refractivity contribution < 1.29 is 26.4 Å². The second-order valence-electron chi connectivity index (χ2n) is 9.38. The molecule has 1 saturated heterocycles. The van der Waals surface area contributed by atoms with E-state index in [1.54, 1.807) is 6.07 Å². The molecule has 2 aliphatic rings. The molecule has 0 radical (unpaired) electrons. The summed E-state index contributed by atoms with van der Waals surface area (Å²) in [4.78, 5) is 16.8. The standard InChI is InChI=1S/C25H26F3N5O3S/c1-31-6-8-32(9-7-31)18-2-3-20(22(28)13-18)25(34)14-24-21-15-33(5-4-23(21)29-30-24)37(35,36)19-11-16(26)10-17(27)12-19/h2-3,10-13H,4-9,14-15H2,1H3,(H,29,30). The van der Waals surface area contributed by atoms with Crippen molar-refractivity contribution in [3.05, 3.63) is 76.4 Å². The predicted molar refractivity (Wildman–Crippen MR) is 130 cm³/mol. The highest BCUT2D eigenvalue weighted by molar-refractivity contribution is 7.89. The summed E-state index contributed by atoms with van der Waals surface area (Å²) in [7, 11) is -2.16. The maximum absolute atomic E-state index is 14.9. The number of carbonyl (C=O) groups excluding carboxylic acids is 1. The number of nitrogens with one attached hydrogen (secondary N) is 1. The molecule has 0 amide bonds. The normalized spacial score (nSPS) is 17.1. The molecule has 2 aliphatic heterocycles. The second-order valence-corrected chi connectivity index (χ2v) is 11.3. The van der Waals surface area contributed by atoms with Gasteiger partial charge in [-0.15, -0.1) is 0 Å². The zero-order chi connectivity index (χ0) is 26.3. The third kappa shape index (κ3) is 5.13. The van der Waals surface area contributed by atoms with Gasteiger partial charge in [-0.25, -0.2) is 21.6 Å². The SMILES string of the molecule is CN1CCN(c2ccc(C(=O)Cc3n[nH]c4c3CN(S(=O)(=O)c3cc(F)cc(F)c3)CC4)c(F)c2)CC1. The summed E-state index contributed by atoms with van der Waals surface area (Å²) >= 11 is 0. The molecule has 0 saturated carbocycles. The quantitative estimate of drug-likeness (QED) is 0.491. The lowest BCUT2D eigenvalue weighted by atomic mass is 10.0. The van der Waals surface area contributed by atoms with E-state index in [4.69, 9.17) is 0 Å². The maximum atomic E-state index is 14.9. The lowest BCUT2D eigenvalue weighted by Gasteiger charge is -2.34. The molecule has 8 nitrogen and oxygen atoms in total. The number of aromatic nitrogens is 2. The van der Waals surface area contributed by atoms with E-state index in [0.29, 0.717) is 28.7 Å². The maximum Gasteiger partial charge on any atom is 0.243 e. The minimum absolute atomic E-state index is 0.0647. The molecule has 0 aliphatic carbocycles. The number of piperazine rings is 1. The van der Waals surface area contributed by atoms with E-state index in [9.17, 15) is 26.4 Å². The van der Waals surface area contributed by atoms with Crippen LogP contribution in [0.15, 0.2) is 41.3 Å². The van der Waals surface area contributed by atoms with Crippen LogP contribution in [0.1, 0.15) is 27.3 Å². The Morgan fingerprint density at radius 1 is 1.00 bits per heavy atom. The summed E-state index contributed by atoms with van der Waals surface area (Å²) in [6, 6.07) is 6.70. The second kappa shape index (κ2) is 9.92. The van der Waals surface area contributed by atoms with E-state index >= 15 is 0 Å². The van der Waals surface area contributed by atoms with Crippen LogP contribution >= 0.6 is 0 Å². The van der Waals surface area contributed by atoms with Gasteiger partial charge in [0.2, 0.25) is 10.0 Å². The van der Waals surface area contributed by atoms with Crippen molar-refractivity contribution in [2.24, 2.45) is 0 Å². The van der Waals surface area contributed by atoms with Crippen LogP contribution in [-0.4, -0.2) is 73.4 Å². The van der Waals surface area contributed by atoms with Crippen molar-refractivity contribution in [3.8, 4) is 0 Å². The molecule has 0 unspecified atom stereocenters. The van der Waals surface area contributed by atoms with Crippen LogP contribution in [0, 0.1) is 17.5 Å². The molecule has 1 fully saturated rings. The van der Waals surface area contributed by atoms with Gasteiger partial charge in [0, 0.05) is 68.7 Å². The summed E-state index contributed by atoms with van der Waals surface area (Å²) in [5, 5.41) is 7.02. The number of rotatable bonds is 6. The molecule has 37 heavy (non-hydrogen) atoms. The minimum atomic E-state index is -4.19. The number of anilines is 1. The van der Waals surface area contributed by atoms with Crippen LogP contribution in [0.25, 0.3) is 0 Å². The van der Waals surface area contributed by atoms with Gasteiger partial charge in [-0.05, 0) is 37.4 Å². The number of sulfonamides is 1. The molecule has 2 aromatic carbocycles. The van der Waals surface area contributed by atoms with Gasteiger partial charge in [-0.1, -0.05) is 0 Å². The number of fused-ring (bicyclic) bond motifs is 1. The van der Waals surface area contributed by atoms with Gasteiger partial charge in [-0.2, -0.15) is 9.40 Å². The van der Waals surface area contributed by atoms with Crippen molar-refractivity contribution >= 4 is 21.5 Å². The van der Waals surface area contributed by atoms with Crippen LogP contribution in [0.2, 0.25) is 0 Å². The number of aromatic amines is 1. The van der Waals surface area contributed by atoms with Crippen LogP contribution in [0.5, 0.6) is 0 Å². The molecule has 0 spiro atoms. The van der Waals surface area contributed by atoms with Crippen LogP contribution in [0.3, 0.4) is 0 Å². The largest absolute Gasteiger partial charge is 0.369 e. The topological polar surface area (TPSA) is 89.6 Å². The predicted octanol–water partition coefficient (Wildman–Crippen LogP) is 2.75. The molecule has 5 rings (SSSR count). The Bertz CT molecular complexity index is 1430. The molecule has 3 aromatic rings. The highest BCUT2D eigenvalue weighted by Crippen LogP contribution is 2.28. The summed E-state index contributed by atoms with van der Waals surface area (Å²) in [5.74, 6) is -3.09. The third-order valence-electron chi connectivity index (χ3n) is 6.91. The fraction of sp³-hybridized carbons (Fsp3) is 0.360. The van der Waals surface area contributed by atoms with E-state index in [0.717, 1.165) is 42.6 Å². The smallest absolute Gasteiger partial charge is 0.243 e. The van der Waals surface area contributed by atoms with E-state index in [2.05, 4.69) is 20.0 Å². The number of carbonyl (C=O) groups is 1. The first-order valence-corrected chi connectivity index (χ1v) is 13.3. The number of benzene rings is 2. The lowest BCUT2D eigenvalue weighted by Crippen LogP contribution is -2.44. The fourth-order valence-electron chi connectivity index (χ4n) is 4.75. The number of hydrogen-bond donors (Lipinski definition) is 1. The number of likely N-dealkylation sites (N-methyl/N-ethyl adjacent to an activating group) is 1. The van der Waals surface area contributed by atoms with Gasteiger partial charge in [0.15, 0.2) is 5.78 Å². The molecule has 196 valence electrons. The molecule has 1 N–H and O–H groups in total. The van der Waals surface area contributed by atoms with E-state index < -0.39 is 38.2 Å². The van der Waals surface area contributed by atoms with E-state index in [-0.39, 0.29) is 31.5 Å². The van der Waals surface area contributed by atoms with Gasteiger partial charge in [0.1, 0.15) is 17.5 Å². The Morgan fingerprint density at radius 2 is 1.70 bits per heavy atom. The first kappa shape index (κ1) is 25.4. The molecule has 0 bridgehead atoms. The Balaban J connectivity index is 1.33. The number of hydrogen-bond acceptors (Lipinski definition) is 6. The zero-order valence-corrected chi connectivity index (χ0v) is 21.0. The Morgan fingerprint density at radius 3 is 2.38 bits per heavy atom. The summed E-state index contributed by atoms with van der Waals surface area (Å²) < 4.78 is 69.4. The molecular weight excluding hydrogens is 507 g/mol. The number of Topliss-reactive ketones (excluding diaryl/α,β-unsaturated/α-hetero) is 1. The van der Waals surface area contributed by atoms with Crippen molar-refractivity contribution in [1.29, 1.82) is 0 Å². The van der Waals surface area contributed by atoms with Gasteiger partial charge in [0.05, 0.1) is 22.6 Å². The highest BCUT2D eigenvalue weighted by atomic mass is 32.2. The number of H-pyrrole nitrogens is 1. The molecule has 3 heterocycles.